The van der Waals surface area contributed by atoms with Gasteiger partial charge < -0.3 is 65.9 Å². The first-order valence-corrected chi connectivity index (χ1v) is 14.2. The van der Waals surface area contributed by atoms with Gasteiger partial charge in [-0.1, -0.05) is 39.0 Å². The van der Waals surface area contributed by atoms with Crippen LogP contribution < -0.4 is 16.0 Å². The molecule has 1 aromatic rings. The number of hydrogen-bond acceptors (Lipinski definition) is 12. The van der Waals surface area contributed by atoms with Gasteiger partial charge in [0.05, 0.1) is 13.2 Å². The number of amides is 2. The van der Waals surface area contributed by atoms with E-state index in [0.29, 0.717) is 17.9 Å². The van der Waals surface area contributed by atoms with Crippen molar-refractivity contribution in [1.82, 2.24) is 5.32 Å². The van der Waals surface area contributed by atoms with Crippen molar-refractivity contribution in [1.29, 1.82) is 0 Å². The number of aliphatic hydroxyl groups is 7. The Morgan fingerprint density at radius 2 is 1.41 bits per heavy atom. The van der Waals surface area contributed by atoms with E-state index in [1.54, 1.807) is 24.3 Å². The van der Waals surface area contributed by atoms with E-state index in [2.05, 4.69) is 22.9 Å². The molecule has 41 heavy (non-hydrogen) atoms. The maximum Gasteiger partial charge on any atom is 0.319 e. The highest BCUT2D eigenvalue weighted by Gasteiger charge is 2.50. The van der Waals surface area contributed by atoms with Crippen LogP contribution in [0.3, 0.4) is 0 Å². The predicted molar refractivity (Wildman–Crippen MR) is 147 cm³/mol. The molecule has 234 valence electrons. The summed E-state index contributed by atoms with van der Waals surface area (Å²) < 4.78 is 16.6. The molecule has 2 amide bonds. The second-order valence-electron chi connectivity index (χ2n) is 10.4. The molecule has 2 aliphatic heterocycles. The van der Waals surface area contributed by atoms with Crippen molar-refractivity contribution in [3.8, 4) is 0 Å². The summed E-state index contributed by atoms with van der Waals surface area (Å²) in [6.07, 6.45) is -8.03. The SMILES string of the molecule is CCCCCCCCNC(=O)Nc1ccc(N[C@@H]2O[C@H](CO)[C@@H](O[C@@H]3O[C@H](CO)[C@H](O)[C@H](O)[C@H]3O)[C@H](O)[C@H]2O)cc1. The van der Waals surface area contributed by atoms with Gasteiger partial charge in [0.15, 0.2) is 12.5 Å². The highest BCUT2D eigenvalue weighted by molar-refractivity contribution is 5.89. The zero-order valence-electron chi connectivity index (χ0n) is 23.2. The molecule has 0 bridgehead atoms. The summed E-state index contributed by atoms with van der Waals surface area (Å²) in [5.74, 6) is 0. The highest BCUT2D eigenvalue weighted by atomic mass is 16.7. The Morgan fingerprint density at radius 3 is 2.07 bits per heavy atom. The van der Waals surface area contributed by atoms with E-state index in [0.717, 1.165) is 19.3 Å². The summed E-state index contributed by atoms with van der Waals surface area (Å²) in [5.41, 5.74) is 1.03. The molecule has 14 nitrogen and oxygen atoms in total. The minimum absolute atomic E-state index is 0.315. The summed E-state index contributed by atoms with van der Waals surface area (Å²) in [6.45, 7) is 1.44. The molecule has 2 aliphatic rings. The fourth-order valence-electron chi connectivity index (χ4n) is 4.81. The van der Waals surface area contributed by atoms with Gasteiger partial charge in [0.25, 0.3) is 0 Å². The fourth-order valence-corrected chi connectivity index (χ4v) is 4.81. The summed E-state index contributed by atoms with van der Waals surface area (Å²) in [6, 6.07) is 6.25. The van der Waals surface area contributed by atoms with Crippen LogP contribution in [0.5, 0.6) is 0 Å². The number of rotatable bonds is 14. The second kappa shape index (κ2) is 16.5. The summed E-state index contributed by atoms with van der Waals surface area (Å²) >= 11 is 0. The molecule has 0 spiro atoms. The van der Waals surface area contributed by atoms with Crippen molar-refractivity contribution in [3.05, 3.63) is 24.3 Å². The van der Waals surface area contributed by atoms with E-state index < -0.39 is 74.6 Å². The molecular formula is C27H45N3O11. The van der Waals surface area contributed by atoms with E-state index in [-0.39, 0.29) is 6.03 Å². The Morgan fingerprint density at radius 1 is 0.780 bits per heavy atom. The van der Waals surface area contributed by atoms with Crippen molar-refractivity contribution < 1.29 is 54.8 Å². The number of benzene rings is 1. The van der Waals surface area contributed by atoms with Crippen LogP contribution in [0.4, 0.5) is 16.2 Å². The molecule has 1 aromatic carbocycles. The van der Waals surface area contributed by atoms with Crippen LogP contribution in [0, 0.1) is 0 Å². The Hall–Kier alpha value is -2.11. The molecule has 2 heterocycles. The van der Waals surface area contributed by atoms with Gasteiger partial charge >= 0.3 is 6.03 Å². The van der Waals surface area contributed by atoms with Gasteiger partial charge in [-0.25, -0.2) is 4.79 Å². The van der Waals surface area contributed by atoms with Crippen molar-refractivity contribution in [2.45, 2.75) is 107 Å². The third-order valence-corrected chi connectivity index (χ3v) is 7.27. The lowest BCUT2D eigenvalue weighted by Gasteiger charge is -2.46. The number of unbranched alkanes of at least 4 members (excludes halogenated alkanes) is 5. The summed E-state index contributed by atoms with van der Waals surface area (Å²) in [7, 11) is 0. The molecule has 0 aliphatic carbocycles. The molecule has 10 N–H and O–H groups in total. The average molecular weight is 588 g/mol. The molecule has 2 saturated heterocycles. The van der Waals surface area contributed by atoms with E-state index in [9.17, 15) is 40.5 Å². The van der Waals surface area contributed by atoms with Gasteiger partial charge in [0.1, 0.15) is 48.8 Å². The first-order valence-electron chi connectivity index (χ1n) is 14.2. The predicted octanol–water partition coefficient (Wildman–Crippen LogP) is -0.795. The highest BCUT2D eigenvalue weighted by Crippen LogP contribution is 2.30. The van der Waals surface area contributed by atoms with Crippen molar-refractivity contribution in [3.63, 3.8) is 0 Å². The molecule has 14 heteroatoms. The second-order valence-corrected chi connectivity index (χ2v) is 10.4. The Labute approximate surface area is 239 Å². The topological polar surface area (TPSA) is 222 Å². The lowest BCUT2D eigenvalue weighted by molar-refractivity contribution is -0.340. The average Bonchev–Trinajstić information content (AvgIpc) is 2.97. The van der Waals surface area contributed by atoms with Gasteiger partial charge in [-0.05, 0) is 30.7 Å². The standard InChI is InChI=1S/C27H45N3O11/c1-2-3-4-5-6-7-12-28-27(38)30-16-10-8-15(9-11-16)29-25-22(36)21(35)24(18(14-32)39-25)41-26-23(37)20(34)19(33)17(13-31)40-26/h8-11,17-26,29,31-37H,2-7,12-14H2,1H3,(H2,28,30,38)/t17-,18-,19+,20+,21-,22-,23-,24-,25-,26+/m1/s1. The van der Waals surface area contributed by atoms with Crippen LogP contribution >= 0.6 is 0 Å². The van der Waals surface area contributed by atoms with Crippen LogP contribution in [0.1, 0.15) is 45.4 Å². The number of ether oxygens (including phenoxy) is 3. The maximum absolute atomic E-state index is 12.1. The lowest BCUT2D eigenvalue weighted by Crippen LogP contribution is -2.65. The van der Waals surface area contributed by atoms with Gasteiger partial charge in [-0.2, -0.15) is 0 Å². The van der Waals surface area contributed by atoms with E-state index >= 15 is 0 Å². The van der Waals surface area contributed by atoms with E-state index in [1.807, 2.05) is 0 Å². The van der Waals surface area contributed by atoms with Crippen molar-refractivity contribution in [2.24, 2.45) is 0 Å². The summed E-state index contributed by atoms with van der Waals surface area (Å²) in [4.78, 5) is 12.1. The minimum atomic E-state index is -1.74. The smallest absolute Gasteiger partial charge is 0.319 e. The Bertz CT molecular complexity index is 907. The van der Waals surface area contributed by atoms with Crippen LogP contribution in [0.25, 0.3) is 0 Å². The van der Waals surface area contributed by atoms with Gasteiger partial charge in [0.2, 0.25) is 0 Å². The lowest BCUT2D eigenvalue weighted by atomic mass is 9.96. The molecule has 2 fully saturated rings. The quantitative estimate of drug-likeness (QED) is 0.121. The van der Waals surface area contributed by atoms with Gasteiger partial charge in [-0.3, -0.25) is 0 Å². The van der Waals surface area contributed by atoms with E-state index in [4.69, 9.17) is 14.2 Å². The number of carbonyl (C=O) groups is 1. The third-order valence-electron chi connectivity index (χ3n) is 7.27. The fraction of sp³-hybridized carbons (Fsp3) is 0.741. The minimum Gasteiger partial charge on any atom is -0.394 e. The zero-order valence-corrected chi connectivity index (χ0v) is 23.2. The van der Waals surface area contributed by atoms with Crippen LogP contribution in [-0.4, -0.2) is 123 Å². The maximum atomic E-state index is 12.1. The summed E-state index contributed by atoms with van der Waals surface area (Å²) in [5, 5.41) is 79.4. The van der Waals surface area contributed by atoms with E-state index in [1.165, 1.54) is 19.3 Å². The number of aliphatic hydroxyl groups excluding tert-OH is 7. The first-order chi connectivity index (χ1) is 19.7. The number of carbonyl (C=O) groups excluding carboxylic acids is 1. The van der Waals surface area contributed by atoms with Gasteiger partial charge in [0, 0.05) is 17.9 Å². The Kier molecular flexibility index (Phi) is 13.4. The van der Waals surface area contributed by atoms with Crippen molar-refractivity contribution in [2.75, 3.05) is 30.4 Å². The van der Waals surface area contributed by atoms with Gasteiger partial charge in [-0.15, -0.1) is 0 Å². The first kappa shape index (κ1) is 33.4. The number of nitrogens with one attached hydrogen (secondary N) is 3. The van der Waals surface area contributed by atoms with Crippen molar-refractivity contribution >= 4 is 17.4 Å². The molecule has 0 unspecified atom stereocenters. The zero-order chi connectivity index (χ0) is 29.9. The monoisotopic (exact) mass is 587 g/mol. The molecular weight excluding hydrogens is 542 g/mol. The van der Waals surface area contributed by atoms with Crippen LogP contribution in [0.2, 0.25) is 0 Å². The van der Waals surface area contributed by atoms with Crippen LogP contribution in [0.15, 0.2) is 24.3 Å². The van der Waals surface area contributed by atoms with Crippen LogP contribution in [-0.2, 0) is 14.2 Å². The Balaban J connectivity index is 1.50. The largest absolute Gasteiger partial charge is 0.394 e. The number of anilines is 2. The number of urea groups is 1. The molecule has 10 atom stereocenters. The third kappa shape index (κ3) is 9.19. The normalized spacial score (nSPS) is 33.8. The molecule has 3 rings (SSSR count). The molecule has 0 aromatic heterocycles. The molecule has 0 saturated carbocycles. The molecule has 0 radical (unpaired) electrons. The number of hydrogen-bond donors (Lipinski definition) is 10.